The van der Waals surface area contributed by atoms with E-state index in [1.807, 2.05) is 6.07 Å². The van der Waals surface area contributed by atoms with E-state index in [4.69, 9.17) is 26.1 Å². The van der Waals surface area contributed by atoms with Crippen LogP contribution >= 0.6 is 31.0 Å². The number of hydrogen-bond donors (Lipinski definition) is 3. The fourth-order valence-electron chi connectivity index (χ4n) is 3.76. The third-order valence-electron chi connectivity index (χ3n) is 5.58. The van der Waals surface area contributed by atoms with Crippen molar-refractivity contribution in [2.75, 3.05) is 31.7 Å². The predicted molar refractivity (Wildman–Crippen MR) is 128 cm³/mol. The molecule has 0 aromatic heterocycles. The molecule has 0 spiro atoms. The molecule has 3 rings (SSSR count). The lowest BCUT2D eigenvalue weighted by Crippen LogP contribution is -2.46. The van der Waals surface area contributed by atoms with Gasteiger partial charge in [-0.3, -0.25) is 4.57 Å². The van der Waals surface area contributed by atoms with E-state index in [1.165, 1.54) is 12.0 Å². The zero-order chi connectivity index (χ0) is 22.2. The molecule has 1 heterocycles. The lowest BCUT2D eigenvalue weighted by Gasteiger charge is -2.42. The number of nitrogens with one attached hydrogen (secondary N) is 1. The molecule has 0 saturated carbocycles. The van der Waals surface area contributed by atoms with Gasteiger partial charge in [0.05, 0.1) is 24.4 Å². The predicted octanol–water partition coefficient (Wildman–Crippen LogP) is 5.23. The van der Waals surface area contributed by atoms with Gasteiger partial charge in [-0.1, -0.05) is 54.4 Å². The summed E-state index contributed by atoms with van der Waals surface area (Å²) >= 11 is 8.25. The molecule has 1 aliphatic rings. The van der Waals surface area contributed by atoms with Gasteiger partial charge in [0.25, 0.3) is 0 Å². The number of rotatable bonds is 13. The molecule has 31 heavy (non-hydrogen) atoms. The van der Waals surface area contributed by atoms with Gasteiger partial charge >= 0.3 is 7.60 Å². The van der Waals surface area contributed by atoms with Crippen LogP contribution in [0, 0.1) is 0 Å². The average molecular weight is 484 g/mol. The van der Waals surface area contributed by atoms with E-state index < -0.39 is 7.60 Å². The van der Waals surface area contributed by atoms with Crippen molar-refractivity contribution in [1.29, 1.82) is 0 Å². The first kappa shape index (κ1) is 24.8. The second kappa shape index (κ2) is 11.9. The summed E-state index contributed by atoms with van der Waals surface area (Å²) in [6, 6.07) is 16.8. The van der Waals surface area contributed by atoms with Crippen molar-refractivity contribution in [1.82, 2.24) is 5.32 Å². The highest BCUT2D eigenvalue weighted by Gasteiger charge is 2.39. The molecule has 2 aromatic rings. The van der Waals surface area contributed by atoms with Gasteiger partial charge in [-0.25, -0.2) is 0 Å². The Labute approximate surface area is 194 Å². The first-order chi connectivity index (χ1) is 14.9. The van der Waals surface area contributed by atoms with Crippen molar-refractivity contribution in [3.63, 3.8) is 0 Å². The summed E-state index contributed by atoms with van der Waals surface area (Å²) < 4.78 is 16.4. The van der Waals surface area contributed by atoms with Crippen LogP contribution in [0.5, 0.6) is 0 Å². The molecule has 8 heteroatoms. The van der Waals surface area contributed by atoms with Gasteiger partial charge in [0.15, 0.2) is 0 Å². The Morgan fingerprint density at radius 1 is 1.10 bits per heavy atom. The Morgan fingerprint density at radius 3 is 2.52 bits per heavy atom. The molecule has 5 nitrogen and oxygen atoms in total. The molecule has 0 radical (unpaired) electrons. The number of thioether (sulfide) groups is 1. The van der Waals surface area contributed by atoms with Crippen LogP contribution in [0.2, 0.25) is 5.02 Å². The third-order valence-corrected chi connectivity index (χ3v) is 8.06. The quantitative estimate of drug-likeness (QED) is 0.206. The van der Waals surface area contributed by atoms with E-state index >= 15 is 0 Å². The molecule has 0 unspecified atom stereocenters. The van der Waals surface area contributed by atoms with Gasteiger partial charge in [-0.05, 0) is 54.8 Å². The second-order valence-corrected chi connectivity index (χ2v) is 11.4. The smallest absolute Gasteiger partial charge is 0.325 e. The van der Waals surface area contributed by atoms with Gasteiger partial charge in [-0.15, -0.1) is 11.8 Å². The molecular formula is C23H31ClNO4PS. The van der Waals surface area contributed by atoms with Crippen LogP contribution in [0.15, 0.2) is 53.4 Å². The van der Waals surface area contributed by atoms with E-state index in [0.717, 1.165) is 47.3 Å². The first-order valence-electron chi connectivity index (χ1n) is 10.7. The lowest BCUT2D eigenvalue weighted by atomic mass is 9.75. The first-order valence-corrected chi connectivity index (χ1v) is 13.8. The molecule has 0 atom stereocenters. The highest BCUT2D eigenvalue weighted by molar-refractivity contribution is 7.99. The van der Waals surface area contributed by atoms with E-state index in [-0.39, 0.29) is 11.6 Å². The lowest BCUT2D eigenvalue weighted by molar-refractivity contribution is -0.0652. The molecule has 1 fully saturated rings. The molecule has 2 aromatic carbocycles. The summed E-state index contributed by atoms with van der Waals surface area (Å²) in [6.45, 7) is 2.85. The van der Waals surface area contributed by atoms with E-state index in [2.05, 4.69) is 47.8 Å². The van der Waals surface area contributed by atoms with E-state index in [1.54, 1.807) is 11.8 Å². The summed E-state index contributed by atoms with van der Waals surface area (Å²) in [6.07, 6.45) is 3.81. The van der Waals surface area contributed by atoms with Crippen molar-refractivity contribution in [3.05, 3.63) is 64.7 Å². The maximum absolute atomic E-state index is 10.8. The van der Waals surface area contributed by atoms with Crippen LogP contribution in [0.25, 0.3) is 0 Å². The fourth-order valence-corrected chi connectivity index (χ4v) is 5.62. The number of ether oxygens (including phenoxy) is 1. The molecule has 0 amide bonds. The summed E-state index contributed by atoms with van der Waals surface area (Å²) in [4.78, 5) is 18.8. The highest BCUT2D eigenvalue weighted by atomic mass is 35.5. The number of hydrogen-bond acceptors (Lipinski definition) is 4. The monoisotopic (exact) mass is 483 g/mol. The molecule has 0 bridgehead atoms. The standard InChI is InChI=1S/C23H31ClNO4PS/c24-21-15-19(16-25-12-6-13-30(26,27)28)9-10-22(21)31-14-5-4-11-23(17-29-18-23)20-7-2-1-3-8-20/h1-3,7-10,15,25H,4-6,11-14,16-18H2,(H2,26,27,28). The maximum atomic E-state index is 10.8. The van der Waals surface area contributed by atoms with E-state index in [0.29, 0.717) is 19.5 Å². The van der Waals surface area contributed by atoms with Crippen molar-refractivity contribution < 1.29 is 19.1 Å². The summed E-state index contributed by atoms with van der Waals surface area (Å²) in [7, 11) is -3.90. The Morgan fingerprint density at radius 2 is 1.87 bits per heavy atom. The van der Waals surface area contributed by atoms with Crippen LogP contribution < -0.4 is 5.32 Å². The zero-order valence-electron chi connectivity index (χ0n) is 17.6. The van der Waals surface area contributed by atoms with Crippen molar-refractivity contribution in [3.8, 4) is 0 Å². The Bertz CT molecular complexity index is 873. The van der Waals surface area contributed by atoms with Crippen LogP contribution in [0.3, 0.4) is 0 Å². The topological polar surface area (TPSA) is 78.8 Å². The van der Waals surface area contributed by atoms with Gasteiger partial charge < -0.3 is 19.8 Å². The largest absolute Gasteiger partial charge is 0.379 e. The minimum Gasteiger partial charge on any atom is -0.379 e. The normalized spacial score (nSPS) is 15.6. The minimum absolute atomic E-state index is 0.0875. The van der Waals surface area contributed by atoms with Crippen molar-refractivity contribution >= 4 is 31.0 Å². The summed E-state index contributed by atoms with van der Waals surface area (Å²) in [5.74, 6) is 1.03. The third kappa shape index (κ3) is 7.90. The van der Waals surface area contributed by atoms with Crippen molar-refractivity contribution in [2.24, 2.45) is 0 Å². The number of unbranched alkanes of at least 4 members (excludes halogenated alkanes) is 1. The maximum Gasteiger partial charge on any atom is 0.325 e. The van der Waals surface area contributed by atoms with Gasteiger partial charge in [0.2, 0.25) is 0 Å². The number of halogens is 1. The Balaban J connectivity index is 1.35. The summed E-state index contributed by atoms with van der Waals surface area (Å²) in [5.41, 5.74) is 2.66. The second-order valence-electron chi connectivity index (χ2n) is 8.13. The molecule has 0 aliphatic carbocycles. The van der Waals surface area contributed by atoms with E-state index in [9.17, 15) is 4.57 Å². The number of benzene rings is 2. The summed E-state index contributed by atoms with van der Waals surface area (Å²) in [5, 5.41) is 3.96. The SMILES string of the molecule is O=P(O)(O)CCCNCc1ccc(SCCCCC2(c3ccccc3)COC2)c(Cl)c1. The highest BCUT2D eigenvalue weighted by Crippen LogP contribution is 2.38. The Kier molecular flexibility index (Phi) is 9.47. The van der Waals surface area contributed by atoms with Gasteiger partial charge in [0.1, 0.15) is 0 Å². The Hall–Kier alpha value is -0.850. The molecule has 1 aliphatic heterocycles. The molecule has 1 saturated heterocycles. The van der Waals surface area contributed by atoms with Gasteiger partial charge in [-0.2, -0.15) is 0 Å². The van der Waals surface area contributed by atoms with Gasteiger partial charge in [0, 0.05) is 16.9 Å². The van der Waals surface area contributed by atoms with Crippen LogP contribution in [0.4, 0.5) is 0 Å². The zero-order valence-corrected chi connectivity index (χ0v) is 20.1. The average Bonchev–Trinajstić information content (AvgIpc) is 2.70. The van der Waals surface area contributed by atoms with Crippen LogP contribution in [-0.2, 0) is 21.3 Å². The van der Waals surface area contributed by atoms with Crippen LogP contribution in [-0.4, -0.2) is 41.5 Å². The van der Waals surface area contributed by atoms with Crippen molar-refractivity contribution in [2.45, 2.75) is 42.5 Å². The fraction of sp³-hybridized carbons (Fsp3) is 0.478. The minimum atomic E-state index is -3.90. The molecule has 3 N–H and O–H groups in total. The molecule has 170 valence electrons. The molecular weight excluding hydrogens is 453 g/mol. The van der Waals surface area contributed by atoms with Crippen LogP contribution in [0.1, 0.15) is 36.8 Å².